The van der Waals surface area contributed by atoms with Gasteiger partial charge in [-0.25, -0.2) is 15.0 Å². The van der Waals surface area contributed by atoms with E-state index in [-0.39, 0.29) is 5.15 Å². The number of pyridine rings is 1. The van der Waals surface area contributed by atoms with Crippen LogP contribution in [0.25, 0.3) is 0 Å². The lowest BCUT2D eigenvalue weighted by atomic mass is 10.0. The van der Waals surface area contributed by atoms with Crippen LogP contribution in [0.3, 0.4) is 0 Å². The molecule has 0 spiro atoms. The number of anilines is 2. The van der Waals surface area contributed by atoms with Crippen LogP contribution in [0.4, 0.5) is 11.6 Å². The Bertz CT molecular complexity index is 695. The number of aromatic nitrogens is 3. The summed E-state index contributed by atoms with van der Waals surface area (Å²) in [5, 5.41) is 1.48. The molecule has 2 N–H and O–H groups in total. The van der Waals surface area contributed by atoms with Crippen molar-refractivity contribution in [2.45, 2.75) is 35.7 Å². The number of hydrogen-bond acceptors (Lipinski definition) is 6. The Morgan fingerprint density at radius 1 is 1.41 bits per heavy atom. The van der Waals surface area contributed by atoms with E-state index in [0.29, 0.717) is 21.9 Å². The third-order valence-electron chi connectivity index (χ3n) is 3.66. The first-order valence-corrected chi connectivity index (χ1v) is 8.54. The van der Waals surface area contributed by atoms with Crippen molar-refractivity contribution in [3.8, 4) is 0 Å². The summed E-state index contributed by atoms with van der Waals surface area (Å²) in [5.74, 6) is 1.12. The summed E-state index contributed by atoms with van der Waals surface area (Å²) in [7, 11) is 0. The second kappa shape index (κ2) is 6.48. The van der Waals surface area contributed by atoms with Gasteiger partial charge < -0.3 is 10.6 Å². The predicted octanol–water partition coefficient (Wildman–Crippen LogP) is 3.90. The first kappa shape index (κ1) is 15.6. The summed E-state index contributed by atoms with van der Waals surface area (Å²) in [4.78, 5) is 15.7. The van der Waals surface area contributed by atoms with Crippen LogP contribution < -0.4 is 10.6 Å². The molecule has 1 fully saturated rings. The molecule has 1 aliphatic heterocycles. The average Bonchev–Trinajstić information content (AvgIpc) is 2.45. The van der Waals surface area contributed by atoms with Crippen LogP contribution in [-0.2, 0) is 0 Å². The fourth-order valence-corrected chi connectivity index (χ4v) is 3.64. The summed E-state index contributed by atoms with van der Waals surface area (Å²) >= 11 is 13.7. The van der Waals surface area contributed by atoms with Crippen molar-refractivity contribution in [3.05, 3.63) is 28.6 Å². The lowest BCUT2D eigenvalue weighted by Gasteiger charge is -2.42. The second-order valence-electron chi connectivity index (χ2n) is 4.98. The van der Waals surface area contributed by atoms with E-state index in [9.17, 15) is 0 Å². The molecule has 1 atom stereocenters. The molecule has 0 aliphatic carbocycles. The molecule has 0 amide bonds. The van der Waals surface area contributed by atoms with Crippen molar-refractivity contribution in [1.29, 1.82) is 0 Å². The Morgan fingerprint density at radius 3 is 2.86 bits per heavy atom. The standard InChI is InChI=1S/C14H15Cl2N5S/c1-2-8-4-6-21(8)13-11(16)9(3-5-18-13)22-14-12(17)20-10(15)7-19-14/h3,5,7-8H,2,4,6H2,1H3,(H2,17,20)/t8-/m0/s1. The molecule has 3 heterocycles. The molecular formula is C14H15Cl2N5S. The Labute approximate surface area is 143 Å². The molecule has 0 aromatic carbocycles. The first-order chi connectivity index (χ1) is 10.6. The van der Waals surface area contributed by atoms with E-state index in [2.05, 4.69) is 26.8 Å². The van der Waals surface area contributed by atoms with Gasteiger partial charge in [0.15, 0.2) is 5.82 Å². The number of nitrogens with two attached hydrogens (primary N) is 1. The minimum atomic E-state index is 0.273. The van der Waals surface area contributed by atoms with Gasteiger partial charge in [-0.1, -0.05) is 41.9 Å². The van der Waals surface area contributed by atoms with Crippen molar-refractivity contribution in [1.82, 2.24) is 15.0 Å². The first-order valence-electron chi connectivity index (χ1n) is 6.97. The number of nitrogen functional groups attached to an aromatic ring is 1. The molecule has 8 heteroatoms. The largest absolute Gasteiger partial charge is 0.381 e. The van der Waals surface area contributed by atoms with Gasteiger partial charge in [0.2, 0.25) is 0 Å². The molecule has 22 heavy (non-hydrogen) atoms. The Balaban J connectivity index is 1.88. The quantitative estimate of drug-likeness (QED) is 0.896. The van der Waals surface area contributed by atoms with Crippen LogP contribution in [0.1, 0.15) is 19.8 Å². The highest BCUT2D eigenvalue weighted by molar-refractivity contribution is 7.99. The van der Waals surface area contributed by atoms with Crippen molar-refractivity contribution >= 4 is 46.6 Å². The topological polar surface area (TPSA) is 67.9 Å². The number of hydrogen-bond donors (Lipinski definition) is 1. The third-order valence-corrected chi connectivity index (χ3v) is 5.40. The second-order valence-corrected chi connectivity index (χ2v) is 6.77. The van der Waals surface area contributed by atoms with Crippen molar-refractivity contribution in [2.75, 3.05) is 17.2 Å². The lowest BCUT2D eigenvalue weighted by Crippen LogP contribution is -2.48. The van der Waals surface area contributed by atoms with Crippen LogP contribution >= 0.6 is 35.0 Å². The van der Waals surface area contributed by atoms with Crippen LogP contribution in [0.2, 0.25) is 10.2 Å². The third kappa shape index (κ3) is 2.95. The van der Waals surface area contributed by atoms with Gasteiger partial charge in [-0.05, 0) is 18.9 Å². The van der Waals surface area contributed by atoms with Crippen LogP contribution in [0, 0.1) is 0 Å². The van der Waals surface area contributed by atoms with E-state index in [1.807, 2.05) is 6.07 Å². The smallest absolute Gasteiger partial charge is 0.158 e. The van der Waals surface area contributed by atoms with E-state index in [0.717, 1.165) is 23.7 Å². The molecule has 0 radical (unpaired) electrons. The van der Waals surface area contributed by atoms with Crippen LogP contribution in [0.5, 0.6) is 0 Å². The summed E-state index contributed by atoms with van der Waals surface area (Å²) in [6.07, 6.45) is 5.50. The Kier molecular flexibility index (Phi) is 4.61. The molecule has 0 unspecified atom stereocenters. The number of halogens is 2. The molecule has 2 aromatic rings. The highest BCUT2D eigenvalue weighted by atomic mass is 35.5. The van der Waals surface area contributed by atoms with E-state index >= 15 is 0 Å². The lowest BCUT2D eigenvalue weighted by molar-refractivity contribution is 0.433. The van der Waals surface area contributed by atoms with E-state index in [4.69, 9.17) is 28.9 Å². The SMILES string of the molecule is CC[C@H]1CCN1c1nccc(Sc2ncc(Cl)nc2N)c1Cl. The van der Waals surface area contributed by atoms with E-state index in [1.54, 1.807) is 6.20 Å². The molecule has 5 nitrogen and oxygen atoms in total. The van der Waals surface area contributed by atoms with Gasteiger partial charge in [0.05, 0.1) is 11.2 Å². The number of nitrogens with zero attached hydrogens (tertiary/aromatic N) is 4. The molecule has 0 bridgehead atoms. The fraction of sp³-hybridized carbons (Fsp3) is 0.357. The highest BCUT2D eigenvalue weighted by Gasteiger charge is 2.29. The highest BCUT2D eigenvalue weighted by Crippen LogP contribution is 2.40. The fourth-order valence-electron chi connectivity index (χ4n) is 2.39. The van der Waals surface area contributed by atoms with Gasteiger partial charge in [0, 0.05) is 23.7 Å². The van der Waals surface area contributed by atoms with Crippen LogP contribution in [0.15, 0.2) is 28.4 Å². The van der Waals surface area contributed by atoms with E-state index < -0.39 is 0 Å². The maximum Gasteiger partial charge on any atom is 0.158 e. The summed E-state index contributed by atoms with van der Waals surface area (Å²) in [5.41, 5.74) is 5.85. The summed E-state index contributed by atoms with van der Waals surface area (Å²) < 4.78 is 0. The molecule has 1 aliphatic rings. The molecular weight excluding hydrogens is 341 g/mol. The minimum Gasteiger partial charge on any atom is -0.381 e. The van der Waals surface area contributed by atoms with Crippen LogP contribution in [-0.4, -0.2) is 27.5 Å². The summed E-state index contributed by atoms with van der Waals surface area (Å²) in [6, 6.07) is 2.37. The van der Waals surface area contributed by atoms with Crippen molar-refractivity contribution in [3.63, 3.8) is 0 Å². The van der Waals surface area contributed by atoms with E-state index in [1.165, 1.54) is 24.4 Å². The van der Waals surface area contributed by atoms with Gasteiger partial charge in [0.25, 0.3) is 0 Å². The van der Waals surface area contributed by atoms with Gasteiger partial charge in [-0.15, -0.1) is 0 Å². The van der Waals surface area contributed by atoms with Gasteiger partial charge >= 0.3 is 0 Å². The van der Waals surface area contributed by atoms with Crippen molar-refractivity contribution in [2.24, 2.45) is 0 Å². The van der Waals surface area contributed by atoms with Gasteiger partial charge in [0.1, 0.15) is 16.0 Å². The average molecular weight is 356 g/mol. The van der Waals surface area contributed by atoms with Crippen molar-refractivity contribution < 1.29 is 0 Å². The Hall–Kier alpha value is -1.24. The van der Waals surface area contributed by atoms with Gasteiger partial charge in [-0.2, -0.15) is 0 Å². The monoisotopic (exact) mass is 355 g/mol. The zero-order chi connectivity index (χ0) is 15.7. The number of rotatable bonds is 4. The molecule has 116 valence electrons. The predicted molar refractivity (Wildman–Crippen MR) is 90.9 cm³/mol. The maximum atomic E-state index is 6.53. The molecule has 2 aromatic heterocycles. The summed E-state index contributed by atoms with van der Waals surface area (Å²) in [6.45, 7) is 3.16. The molecule has 3 rings (SSSR count). The zero-order valence-corrected chi connectivity index (χ0v) is 14.3. The Morgan fingerprint density at radius 2 is 2.23 bits per heavy atom. The maximum absolute atomic E-state index is 6.53. The molecule has 0 saturated carbocycles. The van der Waals surface area contributed by atoms with Gasteiger partial charge in [-0.3, -0.25) is 0 Å². The minimum absolute atomic E-state index is 0.273. The zero-order valence-electron chi connectivity index (χ0n) is 12.0. The normalized spacial score (nSPS) is 17.4. The molecule has 1 saturated heterocycles.